The minimum Gasteiger partial charge on any atom is -0.373 e. The highest BCUT2D eigenvalue weighted by molar-refractivity contribution is 5.25. The van der Waals surface area contributed by atoms with Crippen LogP contribution in [0.5, 0.6) is 0 Å². The summed E-state index contributed by atoms with van der Waals surface area (Å²) in [7, 11) is 0. The van der Waals surface area contributed by atoms with Gasteiger partial charge in [-0.25, -0.2) is 0 Å². The van der Waals surface area contributed by atoms with Gasteiger partial charge in [0.25, 0.3) is 0 Å². The van der Waals surface area contributed by atoms with Crippen molar-refractivity contribution in [2.24, 2.45) is 0 Å². The van der Waals surface area contributed by atoms with Gasteiger partial charge >= 0.3 is 0 Å². The maximum atomic E-state index is 5.94. The lowest BCUT2D eigenvalue weighted by Gasteiger charge is -2.26. The molecule has 104 valence electrons. The second kappa shape index (κ2) is 5.64. The smallest absolute Gasteiger partial charge is 0.0733 e. The zero-order valence-electron chi connectivity index (χ0n) is 12.1. The van der Waals surface area contributed by atoms with Crippen molar-refractivity contribution in [2.75, 3.05) is 0 Å². The van der Waals surface area contributed by atoms with E-state index in [0.717, 1.165) is 12.8 Å². The highest BCUT2D eigenvalue weighted by Gasteiger charge is 2.41. The first-order valence-electron chi connectivity index (χ1n) is 7.80. The summed E-state index contributed by atoms with van der Waals surface area (Å²) in [4.78, 5) is 0. The van der Waals surface area contributed by atoms with Crippen LogP contribution >= 0.6 is 0 Å². The van der Waals surface area contributed by atoms with Gasteiger partial charge in [-0.05, 0) is 43.2 Å². The van der Waals surface area contributed by atoms with Crippen LogP contribution in [0.4, 0.5) is 0 Å². The Hall–Kier alpha value is -0.860. The molecular formula is C17H25NO. The average Bonchev–Trinajstić information content (AvgIpc) is 3.07. The maximum Gasteiger partial charge on any atom is 0.0733 e. The van der Waals surface area contributed by atoms with E-state index < -0.39 is 0 Å². The highest BCUT2D eigenvalue weighted by atomic mass is 16.5. The van der Waals surface area contributed by atoms with Gasteiger partial charge in [0.05, 0.1) is 12.2 Å². The molecular weight excluding hydrogens is 234 g/mol. The summed E-state index contributed by atoms with van der Waals surface area (Å²) in [6.07, 6.45) is 6.97. The molecule has 0 aliphatic carbocycles. The topological polar surface area (TPSA) is 21.3 Å². The Bertz CT molecular complexity index is 414. The van der Waals surface area contributed by atoms with Gasteiger partial charge in [0, 0.05) is 12.1 Å². The van der Waals surface area contributed by atoms with Crippen molar-refractivity contribution in [2.45, 2.75) is 70.2 Å². The molecule has 2 aliphatic heterocycles. The Morgan fingerprint density at radius 3 is 2.53 bits per heavy atom. The molecule has 0 spiro atoms. The Morgan fingerprint density at radius 2 is 2.00 bits per heavy atom. The van der Waals surface area contributed by atoms with Crippen molar-refractivity contribution in [3.05, 3.63) is 35.4 Å². The molecule has 2 fully saturated rings. The van der Waals surface area contributed by atoms with Gasteiger partial charge < -0.3 is 10.1 Å². The molecule has 2 bridgehead atoms. The number of nitrogens with one attached hydrogen (secondary N) is 1. The minimum atomic E-state index is 0.467. The van der Waals surface area contributed by atoms with Gasteiger partial charge in [-0.1, -0.05) is 38.1 Å². The number of hydrogen-bond donors (Lipinski definition) is 1. The molecule has 0 aromatic heterocycles. The van der Waals surface area contributed by atoms with Gasteiger partial charge in [-0.3, -0.25) is 0 Å². The van der Waals surface area contributed by atoms with Crippen LogP contribution in [0.3, 0.4) is 0 Å². The van der Waals surface area contributed by atoms with E-state index in [-0.39, 0.29) is 0 Å². The van der Waals surface area contributed by atoms with Crippen LogP contribution in [0.25, 0.3) is 0 Å². The summed E-state index contributed by atoms with van der Waals surface area (Å²) in [5.41, 5.74) is 2.84. The van der Waals surface area contributed by atoms with Crippen LogP contribution < -0.4 is 5.32 Å². The van der Waals surface area contributed by atoms with Crippen molar-refractivity contribution in [1.29, 1.82) is 0 Å². The molecule has 0 saturated carbocycles. The van der Waals surface area contributed by atoms with Crippen LogP contribution in [0.1, 0.15) is 56.7 Å². The molecule has 4 atom stereocenters. The molecule has 4 unspecified atom stereocenters. The van der Waals surface area contributed by atoms with E-state index in [1.165, 1.54) is 30.4 Å². The van der Waals surface area contributed by atoms with E-state index in [9.17, 15) is 0 Å². The predicted molar refractivity (Wildman–Crippen MR) is 78.3 cm³/mol. The number of benzene rings is 1. The molecule has 1 N–H and O–H groups in total. The molecule has 0 radical (unpaired) electrons. The number of hydrogen-bond acceptors (Lipinski definition) is 2. The molecule has 3 rings (SSSR count). The first-order valence-corrected chi connectivity index (χ1v) is 7.80. The first kappa shape index (κ1) is 13.1. The molecule has 2 saturated heterocycles. The zero-order valence-corrected chi connectivity index (χ0v) is 12.1. The lowest BCUT2D eigenvalue weighted by Crippen LogP contribution is -2.39. The summed E-state index contributed by atoms with van der Waals surface area (Å²) in [6, 6.07) is 10.1. The van der Waals surface area contributed by atoms with Gasteiger partial charge in [0.1, 0.15) is 0 Å². The third kappa shape index (κ3) is 2.70. The molecule has 2 nitrogen and oxygen atoms in total. The van der Waals surface area contributed by atoms with Crippen molar-refractivity contribution in [1.82, 2.24) is 5.32 Å². The second-order valence-corrected chi connectivity index (χ2v) is 5.94. The molecule has 1 aromatic rings. The maximum absolute atomic E-state index is 5.94. The van der Waals surface area contributed by atoms with Crippen LogP contribution in [0.2, 0.25) is 0 Å². The van der Waals surface area contributed by atoms with E-state index in [0.29, 0.717) is 24.3 Å². The predicted octanol–water partition coefficient (Wildman–Crippen LogP) is 3.61. The van der Waals surface area contributed by atoms with E-state index in [1.54, 1.807) is 0 Å². The summed E-state index contributed by atoms with van der Waals surface area (Å²) < 4.78 is 5.94. The standard InChI is InChI=1S/C17H25NO/c1-3-12-5-7-13(8-6-12)15(4-2)18-16-11-14-9-10-17(16)19-14/h5-8,14-18H,3-4,9-11H2,1-2H3. The molecule has 2 heteroatoms. The fourth-order valence-corrected chi connectivity index (χ4v) is 3.51. The van der Waals surface area contributed by atoms with Gasteiger partial charge in [0.2, 0.25) is 0 Å². The SMILES string of the molecule is CCc1ccc(C(CC)NC2CC3CCC2O3)cc1. The van der Waals surface area contributed by atoms with Crippen LogP contribution in [0.15, 0.2) is 24.3 Å². The van der Waals surface area contributed by atoms with Gasteiger partial charge in [0.15, 0.2) is 0 Å². The third-order valence-corrected chi connectivity index (χ3v) is 4.72. The first-order chi connectivity index (χ1) is 9.30. The number of ether oxygens (including phenoxy) is 1. The summed E-state index contributed by atoms with van der Waals surface area (Å²) in [5, 5.41) is 3.83. The zero-order chi connectivity index (χ0) is 13.2. The fraction of sp³-hybridized carbons (Fsp3) is 0.647. The Labute approximate surface area is 116 Å². The molecule has 0 amide bonds. The molecule has 2 aliphatic rings. The van der Waals surface area contributed by atoms with E-state index in [1.807, 2.05) is 0 Å². The van der Waals surface area contributed by atoms with Gasteiger partial charge in [-0.15, -0.1) is 0 Å². The minimum absolute atomic E-state index is 0.467. The number of fused-ring (bicyclic) bond motifs is 2. The van der Waals surface area contributed by atoms with Crippen molar-refractivity contribution >= 4 is 0 Å². The molecule has 1 aromatic carbocycles. The quantitative estimate of drug-likeness (QED) is 0.872. The summed E-state index contributed by atoms with van der Waals surface area (Å²) in [6.45, 7) is 4.47. The van der Waals surface area contributed by atoms with Crippen LogP contribution in [-0.4, -0.2) is 18.2 Å². The normalized spacial score (nSPS) is 30.7. The largest absolute Gasteiger partial charge is 0.373 e. The summed E-state index contributed by atoms with van der Waals surface area (Å²) >= 11 is 0. The van der Waals surface area contributed by atoms with E-state index >= 15 is 0 Å². The summed E-state index contributed by atoms with van der Waals surface area (Å²) in [5.74, 6) is 0. The van der Waals surface area contributed by atoms with Crippen molar-refractivity contribution in [3.8, 4) is 0 Å². The second-order valence-electron chi connectivity index (χ2n) is 5.94. The van der Waals surface area contributed by atoms with Crippen LogP contribution in [-0.2, 0) is 11.2 Å². The highest BCUT2D eigenvalue weighted by Crippen LogP contribution is 2.35. The fourth-order valence-electron chi connectivity index (χ4n) is 3.51. The average molecular weight is 259 g/mol. The van der Waals surface area contributed by atoms with Crippen molar-refractivity contribution in [3.63, 3.8) is 0 Å². The lowest BCUT2D eigenvalue weighted by molar-refractivity contribution is 0.0959. The molecule has 19 heavy (non-hydrogen) atoms. The van der Waals surface area contributed by atoms with E-state index in [4.69, 9.17) is 4.74 Å². The Morgan fingerprint density at radius 1 is 1.21 bits per heavy atom. The Kier molecular flexibility index (Phi) is 3.90. The van der Waals surface area contributed by atoms with E-state index in [2.05, 4.69) is 43.4 Å². The van der Waals surface area contributed by atoms with Gasteiger partial charge in [-0.2, -0.15) is 0 Å². The van der Waals surface area contributed by atoms with Crippen molar-refractivity contribution < 1.29 is 4.74 Å². The third-order valence-electron chi connectivity index (χ3n) is 4.72. The Balaban J connectivity index is 1.66. The monoisotopic (exact) mass is 259 g/mol. The van der Waals surface area contributed by atoms with Crippen LogP contribution in [0, 0.1) is 0 Å². The molecule has 2 heterocycles. The number of aryl methyl sites for hydroxylation is 1. The number of rotatable bonds is 5. The lowest BCUT2D eigenvalue weighted by atomic mass is 9.93.